The number of pyridine rings is 1. The highest BCUT2D eigenvalue weighted by molar-refractivity contribution is 7.19. The highest BCUT2D eigenvalue weighted by Gasteiger charge is 2.17. The topological polar surface area (TPSA) is 72.0 Å². The molecule has 0 aliphatic carbocycles. The van der Waals surface area contributed by atoms with E-state index in [1.807, 2.05) is 30.3 Å². The maximum atomic E-state index is 11.6. The normalized spacial score (nSPS) is 10.6. The molecular weight excluding hydrogens is 370 g/mol. The van der Waals surface area contributed by atoms with Crippen LogP contribution in [0.2, 0.25) is 5.02 Å². The van der Waals surface area contributed by atoms with Gasteiger partial charge < -0.3 is 5.32 Å². The summed E-state index contributed by atoms with van der Waals surface area (Å²) in [6, 6.07) is 11.0. The molecule has 0 saturated carbocycles. The van der Waals surface area contributed by atoms with Crippen molar-refractivity contribution in [1.82, 2.24) is 9.97 Å². The molecule has 3 rings (SSSR count). The molecule has 1 amide bonds. The largest absolute Gasteiger partial charge is 0.316 e. The van der Waals surface area contributed by atoms with Crippen molar-refractivity contribution in [2.24, 2.45) is 0 Å². The quantitative estimate of drug-likeness (QED) is 0.695. The number of nitrogens with zero attached hydrogens (tertiary/aromatic N) is 2. The predicted molar refractivity (Wildman–Crippen MR) is 104 cm³/mol. The fourth-order valence-electron chi connectivity index (χ4n) is 2.49. The number of aromatic nitrogens is 2. The van der Waals surface area contributed by atoms with Gasteiger partial charge in [0.1, 0.15) is 21.5 Å². The molecule has 0 fully saturated rings. The first kappa shape index (κ1) is 18.2. The number of carbonyl (C=O) groups excluding carboxylic acids is 2. The molecule has 0 bridgehead atoms. The Labute approximate surface area is 160 Å². The summed E-state index contributed by atoms with van der Waals surface area (Å²) in [4.78, 5) is 31.8. The number of thiazole rings is 1. The molecule has 0 saturated heterocycles. The first-order valence-corrected chi connectivity index (χ1v) is 9.11. The summed E-state index contributed by atoms with van der Waals surface area (Å²) in [6.45, 7) is 2.98. The van der Waals surface area contributed by atoms with Gasteiger partial charge in [0.2, 0.25) is 5.91 Å². The van der Waals surface area contributed by atoms with E-state index >= 15 is 0 Å². The van der Waals surface area contributed by atoms with Crippen LogP contribution in [0.5, 0.6) is 0 Å². The van der Waals surface area contributed by atoms with Crippen LogP contribution < -0.4 is 5.32 Å². The summed E-state index contributed by atoms with van der Waals surface area (Å²) in [6.07, 6.45) is 1.93. The van der Waals surface area contributed by atoms with Gasteiger partial charge in [-0.15, -0.1) is 0 Å². The van der Waals surface area contributed by atoms with Gasteiger partial charge in [0.05, 0.1) is 5.02 Å². The van der Waals surface area contributed by atoms with Crippen molar-refractivity contribution < 1.29 is 9.59 Å². The van der Waals surface area contributed by atoms with Crippen LogP contribution in [0.3, 0.4) is 0 Å². The number of Topliss-reactive ketones (excluding diaryl/α,β-unsaturated/α-hetero) is 1. The lowest BCUT2D eigenvalue weighted by atomic mass is 10.1. The third-order valence-electron chi connectivity index (χ3n) is 3.54. The maximum absolute atomic E-state index is 11.6. The van der Waals surface area contributed by atoms with E-state index in [4.69, 9.17) is 16.6 Å². The minimum Gasteiger partial charge on any atom is -0.316 e. The van der Waals surface area contributed by atoms with Crippen molar-refractivity contribution in [3.63, 3.8) is 0 Å². The maximum Gasteiger partial charge on any atom is 0.221 e. The first-order chi connectivity index (χ1) is 12.4. The highest BCUT2D eigenvalue weighted by Crippen LogP contribution is 2.40. The van der Waals surface area contributed by atoms with E-state index in [-0.39, 0.29) is 18.1 Å². The van der Waals surface area contributed by atoms with Gasteiger partial charge in [-0.2, -0.15) is 0 Å². The summed E-state index contributed by atoms with van der Waals surface area (Å²) >= 11 is 7.67. The molecule has 0 atom stereocenters. The molecule has 0 spiro atoms. The lowest BCUT2D eigenvalue weighted by Crippen LogP contribution is -2.05. The first-order valence-electron chi connectivity index (χ1n) is 7.92. The number of ketones is 1. The van der Waals surface area contributed by atoms with Gasteiger partial charge in [-0.3, -0.25) is 14.6 Å². The molecule has 2 aromatic heterocycles. The molecule has 0 aliphatic heterocycles. The molecule has 7 heteroatoms. The van der Waals surface area contributed by atoms with Crippen molar-refractivity contribution in [3.05, 3.63) is 53.3 Å². The van der Waals surface area contributed by atoms with Gasteiger partial charge in [-0.25, -0.2) is 4.98 Å². The molecule has 1 N–H and O–H groups in total. The summed E-state index contributed by atoms with van der Waals surface area (Å²) in [5, 5.41) is 4.73. The van der Waals surface area contributed by atoms with E-state index in [9.17, 15) is 9.59 Å². The van der Waals surface area contributed by atoms with Crippen molar-refractivity contribution in [2.45, 2.75) is 20.3 Å². The summed E-state index contributed by atoms with van der Waals surface area (Å²) in [5.41, 5.74) is 2.89. The minimum absolute atomic E-state index is 0.0458. The Balaban J connectivity index is 2.08. The SMILES string of the molecule is CC(=O)Cc1cc(-c2nc(-c3ccccc3Cl)c(NC(C)=O)s2)ccn1. The fourth-order valence-corrected chi connectivity index (χ4v) is 3.73. The van der Waals surface area contributed by atoms with Gasteiger partial charge >= 0.3 is 0 Å². The third kappa shape index (κ3) is 4.15. The molecule has 0 radical (unpaired) electrons. The molecule has 2 heterocycles. The Morgan fingerprint density at radius 1 is 1.19 bits per heavy atom. The van der Waals surface area contributed by atoms with Gasteiger partial charge in [0, 0.05) is 36.4 Å². The van der Waals surface area contributed by atoms with Crippen molar-refractivity contribution >= 4 is 39.6 Å². The molecule has 26 heavy (non-hydrogen) atoms. The average molecular weight is 386 g/mol. The number of halogens is 1. The van der Waals surface area contributed by atoms with Crippen LogP contribution >= 0.6 is 22.9 Å². The third-order valence-corrected chi connectivity index (χ3v) is 4.89. The van der Waals surface area contributed by atoms with Crippen LogP contribution in [0.4, 0.5) is 5.00 Å². The molecule has 0 aliphatic rings. The number of nitrogens with one attached hydrogen (secondary N) is 1. The second-order valence-electron chi connectivity index (χ2n) is 5.77. The number of anilines is 1. The van der Waals surface area contributed by atoms with Crippen molar-refractivity contribution in [2.75, 3.05) is 5.32 Å². The molecule has 3 aromatic rings. The molecule has 1 aromatic carbocycles. The van der Waals surface area contributed by atoms with Gasteiger partial charge in [-0.05, 0) is 25.1 Å². The molecular formula is C19H16ClN3O2S. The number of hydrogen-bond donors (Lipinski definition) is 1. The van der Waals surface area contributed by atoms with Crippen LogP contribution in [-0.2, 0) is 16.0 Å². The summed E-state index contributed by atoms with van der Waals surface area (Å²) in [7, 11) is 0. The van der Waals surface area contributed by atoms with Crippen LogP contribution in [0.25, 0.3) is 21.8 Å². The number of hydrogen-bond acceptors (Lipinski definition) is 5. The lowest BCUT2D eigenvalue weighted by molar-refractivity contribution is -0.116. The fraction of sp³-hybridized carbons (Fsp3) is 0.158. The van der Waals surface area contributed by atoms with E-state index in [1.165, 1.54) is 25.2 Å². The molecule has 132 valence electrons. The number of benzene rings is 1. The van der Waals surface area contributed by atoms with Gasteiger partial charge in [0.15, 0.2) is 0 Å². The van der Waals surface area contributed by atoms with Crippen molar-refractivity contribution in [3.8, 4) is 21.8 Å². The smallest absolute Gasteiger partial charge is 0.221 e. The van der Waals surface area contributed by atoms with E-state index in [0.717, 1.165) is 16.1 Å². The standard InChI is InChI=1S/C19H16ClN3O2S/c1-11(24)9-14-10-13(7-8-21-14)18-23-17(19(26-18)22-12(2)25)15-5-3-4-6-16(15)20/h3-8,10H,9H2,1-2H3,(H,22,25). The zero-order valence-corrected chi connectivity index (χ0v) is 15.8. The van der Waals surface area contributed by atoms with Crippen molar-refractivity contribution in [1.29, 1.82) is 0 Å². The predicted octanol–water partition coefficient (Wildman–Crippen LogP) is 4.62. The monoisotopic (exact) mass is 385 g/mol. The Morgan fingerprint density at radius 2 is 1.96 bits per heavy atom. The van der Waals surface area contributed by atoms with Crippen LogP contribution in [-0.4, -0.2) is 21.7 Å². The van der Waals surface area contributed by atoms with Crippen LogP contribution in [0.1, 0.15) is 19.5 Å². The molecule has 5 nitrogen and oxygen atoms in total. The number of carbonyl (C=O) groups is 2. The Hall–Kier alpha value is -2.57. The Morgan fingerprint density at radius 3 is 2.65 bits per heavy atom. The zero-order valence-electron chi connectivity index (χ0n) is 14.2. The van der Waals surface area contributed by atoms with Crippen LogP contribution in [0.15, 0.2) is 42.6 Å². The van der Waals surface area contributed by atoms with Gasteiger partial charge in [0.25, 0.3) is 0 Å². The number of rotatable bonds is 5. The van der Waals surface area contributed by atoms with E-state index in [2.05, 4.69) is 10.3 Å². The van der Waals surface area contributed by atoms with E-state index < -0.39 is 0 Å². The number of amides is 1. The van der Waals surface area contributed by atoms with E-state index in [0.29, 0.717) is 21.4 Å². The minimum atomic E-state index is -0.180. The lowest BCUT2D eigenvalue weighted by Gasteiger charge is -2.04. The zero-order chi connectivity index (χ0) is 18.7. The summed E-state index contributed by atoms with van der Waals surface area (Å²) < 4.78 is 0. The second-order valence-corrected chi connectivity index (χ2v) is 7.18. The van der Waals surface area contributed by atoms with E-state index in [1.54, 1.807) is 12.3 Å². The Bertz CT molecular complexity index is 984. The van der Waals surface area contributed by atoms with Crippen LogP contribution in [0, 0.1) is 0 Å². The second kappa shape index (κ2) is 7.76. The summed E-state index contributed by atoms with van der Waals surface area (Å²) in [5.74, 6) is -0.134. The Kier molecular flexibility index (Phi) is 5.44. The van der Waals surface area contributed by atoms with Gasteiger partial charge in [-0.1, -0.05) is 41.1 Å². The highest BCUT2D eigenvalue weighted by atomic mass is 35.5. The average Bonchev–Trinajstić information content (AvgIpc) is 2.98. The molecule has 0 unspecified atom stereocenters.